The fraction of sp³-hybridized carbons (Fsp3) is 0.0435. The molecule has 0 spiro atoms. The second-order valence-corrected chi connectivity index (χ2v) is 5.44. The minimum Gasteiger partial charge on any atom is -0.480 e. The zero-order chi connectivity index (χ0) is 18.0. The van der Waals surface area contributed by atoms with Crippen molar-refractivity contribution in [3.63, 3.8) is 0 Å². The standard InChI is InChI=1S/C23H18N2O/c1-2-16-26-23-14-7-6-12-20(23)18-25-22(21-13-8-9-15-24-21)17-19-10-4-3-5-11-19/h1,3-15,17-18H,16H2/b22-17-,25-18?. The van der Waals surface area contributed by atoms with Crippen LogP contribution in [0.25, 0.3) is 11.8 Å². The van der Waals surface area contributed by atoms with E-state index in [1.54, 1.807) is 12.4 Å². The third-order valence-electron chi connectivity index (χ3n) is 3.60. The lowest BCUT2D eigenvalue weighted by Crippen LogP contribution is -1.97. The molecule has 126 valence electrons. The third-order valence-corrected chi connectivity index (χ3v) is 3.60. The molecule has 0 aliphatic carbocycles. The largest absolute Gasteiger partial charge is 0.480 e. The fourth-order valence-electron chi connectivity index (χ4n) is 2.38. The van der Waals surface area contributed by atoms with Crippen LogP contribution in [-0.2, 0) is 0 Å². The van der Waals surface area contributed by atoms with Crippen molar-refractivity contribution in [2.45, 2.75) is 0 Å². The molecule has 1 heterocycles. The van der Waals surface area contributed by atoms with Gasteiger partial charge in [-0.05, 0) is 35.9 Å². The molecule has 0 radical (unpaired) electrons. The molecular formula is C23H18N2O. The number of nitrogens with zero attached hydrogens (tertiary/aromatic N) is 2. The van der Waals surface area contributed by atoms with E-state index >= 15 is 0 Å². The summed E-state index contributed by atoms with van der Waals surface area (Å²) in [5, 5.41) is 0. The molecule has 26 heavy (non-hydrogen) atoms. The van der Waals surface area contributed by atoms with Crippen LogP contribution in [-0.4, -0.2) is 17.8 Å². The Morgan fingerprint density at radius 2 is 1.77 bits per heavy atom. The average Bonchev–Trinajstić information content (AvgIpc) is 2.71. The Bertz CT molecular complexity index is 939. The first-order valence-electron chi connectivity index (χ1n) is 8.24. The van der Waals surface area contributed by atoms with E-state index < -0.39 is 0 Å². The van der Waals surface area contributed by atoms with E-state index in [2.05, 4.69) is 15.9 Å². The van der Waals surface area contributed by atoms with Crippen LogP contribution in [0.15, 0.2) is 84.0 Å². The lowest BCUT2D eigenvalue weighted by atomic mass is 10.1. The van der Waals surface area contributed by atoms with Gasteiger partial charge < -0.3 is 4.74 Å². The van der Waals surface area contributed by atoms with Gasteiger partial charge in [-0.3, -0.25) is 9.98 Å². The van der Waals surface area contributed by atoms with Crippen LogP contribution in [0.4, 0.5) is 0 Å². The Morgan fingerprint density at radius 1 is 1.00 bits per heavy atom. The topological polar surface area (TPSA) is 34.5 Å². The zero-order valence-corrected chi connectivity index (χ0v) is 14.2. The van der Waals surface area contributed by atoms with Gasteiger partial charge in [-0.1, -0.05) is 54.5 Å². The maximum absolute atomic E-state index is 5.58. The molecule has 3 rings (SSSR count). The van der Waals surface area contributed by atoms with Gasteiger partial charge in [0.25, 0.3) is 0 Å². The molecule has 3 nitrogen and oxygen atoms in total. The number of aliphatic imine (C=N–C) groups is 1. The van der Waals surface area contributed by atoms with E-state index in [-0.39, 0.29) is 6.61 Å². The van der Waals surface area contributed by atoms with Gasteiger partial charge in [-0.2, -0.15) is 0 Å². The summed E-state index contributed by atoms with van der Waals surface area (Å²) < 4.78 is 5.58. The van der Waals surface area contributed by atoms with Crippen LogP contribution in [0.5, 0.6) is 5.75 Å². The predicted molar refractivity (Wildman–Crippen MR) is 107 cm³/mol. The number of terminal acetylenes is 1. The van der Waals surface area contributed by atoms with Crippen molar-refractivity contribution in [1.29, 1.82) is 0 Å². The van der Waals surface area contributed by atoms with Crippen LogP contribution in [0.1, 0.15) is 16.8 Å². The summed E-state index contributed by atoms with van der Waals surface area (Å²) in [6, 6.07) is 23.5. The Kier molecular flexibility index (Phi) is 5.95. The van der Waals surface area contributed by atoms with Gasteiger partial charge in [0.15, 0.2) is 0 Å². The summed E-state index contributed by atoms with van der Waals surface area (Å²) in [6.45, 7) is 0.220. The van der Waals surface area contributed by atoms with Gasteiger partial charge in [0, 0.05) is 18.0 Å². The van der Waals surface area contributed by atoms with Gasteiger partial charge in [0.2, 0.25) is 0 Å². The van der Waals surface area contributed by atoms with E-state index in [1.165, 1.54) is 0 Å². The number of ether oxygens (including phenoxy) is 1. The summed E-state index contributed by atoms with van der Waals surface area (Å²) in [7, 11) is 0. The van der Waals surface area contributed by atoms with E-state index in [9.17, 15) is 0 Å². The van der Waals surface area contributed by atoms with Crippen LogP contribution in [0.2, 0.25) is 0 Å². The van der Waals surface area contributed by atoms with Gasteiger partial charge in [0.1, 0.15) is 12.4 Å². The number of pyridine rings is 1. The quantitative estimate of drug-likeness (QED) is 0.482. The maximum Gasteiger partial charge on any atom is 0.148 e. The highest BCUT2D eigenvalue weighted by atomic mass is 16.5. The zero-order valence-electron chi connectivity index (χ0n) is 14.2. The molecule has 0 saturated heterocycles. The number of para-hydroxylation sites is 1. The number of hydrogen-bond donors (Lipinski definition) is 0. The minimum absolute atomic E-state index is 0.220. The third kappa shape index (κ3) is 4.68. The number of aromatic nitrogens is 1. The lowest BCUT2D eigenvalue weighted by Gasteiger charge is -2.06. The Labute approximate surface area is 153 Å². The summed E-state index contributed by atoms with van der Waals surface area (Å²) in [5.41, 5.74) is 3.48. The van der Waals surface area contributed by atoms with E-state index in [4.69, 9.17) is 11.2 Å². The first-order chi connectivity index (χ1) is 12.9. The monoisotopic (exact) mass is 338 g/mol. The summed E-state index contributed by atoms with van der Waals surface area (Å²) in [5.74, 6) is 3.18. The molecule has 0 unspecified atom stereocenters. The number of rotatable bonds is 6. The molecule has 3 aromatic rings. The van der Waals surface area contributed by atoms with Crippen molar-refractivity contribution in [3.05, 3.63) is 95.8 Å². The molecule has 0 bridgehead atoms. The highest BCUT2D eigenvalue weighted by Crippen LogP contribution is 2.20. The van der Waals surface area contributed by atoms with E-state index in [1.807, 2.05) is 78.9 Å². The minimum atomic E-state index is 0.220. The first-order valence-corrected chi connectivity index (χ1v) is 8.24. The summed E-state index contributed by atoms with van der Waals surface area (Å²) in [4.78, 5) is 9.09. The molecule has 0 amide bonds. The van der Waals surface area contributed by atoms with Gasteiger partial charge in [0.05, 0.1) is 11.4 Å². The van der Waals surface area contributed by atoms with Gasteiger partial charge in [-0.25, -0.2) is 0 Å². The van der Waals surface area contributed by atoms with Crippen LogP contribution >= 0.6 is 0 Å². The molecule has 1 aromatic heterocycles. The van der Waals surface area contributed by atoms with E-state index in [0.717, 1.165) is 22.5 Å². The predicted octanol–water partition coefficient (Wildman–Crippen LogP) is 4.71. The lowest BCUT2D eigenvalue weighted by molar-refractivity contribution is 0.370. The molecular weight excluding hydrogens is 320 g/mol. The SMILES string of the molecule is C#CCOc1ccccc1C=N/C(=C\c1ccccc1)c1ccccn1. The average molecular weight is 338 g/mol. The van der Waals surface area contributed by atoms with Crippen molar-refractivity contribution in [2.75, 3.05) is 6.61 Å². The number of benzene rings is 2. The van der Waals surface area contributed by atoms with Crippen LogP contribution in [0, 0.1) is 12.3 Å². The Morgan fingerprint density at radius 3 is 2.54 bits per heavy atom. The summed E-state index contributed by atoms with van der Waals surface area (Å²) in [6.07, 6.45) is 10.8. The molecule has 0 aliphatic rings. The van der Waals surface area contributed by atoms with Crippen molar-refractivity contribution in [2.24, 2.45) is 4.99 Å². The molecule has 0 aliphatic heterocycles. The molecule has 0 atom stereocenters. The van der Waals surface area contributed by atoms with Gasteiger partial charge >= 0.3 is 0 Å². The molecule has 0 saturated carbocycles. The maximum atomic E-state index is 5.58. The molecule has 2 aromatic carbocycles. The molecule has 0 fully saturated rings. The van der Waals surface area contributed by atoms with Crippen molar-refractivity contribution < 1.29 is 4.74 Å². The van der Waals surface area contributed by atoms with Crippen LogP contribution in [0.3, 0.4) is 0 Å². The fourth-order valence-corrected chi connectivity index (χ4v) is 2.38. The smallest absolute Gasteiger partial charge is 0.148 e. The Hall–Kier alpha value is -3.64. The van der Waals surface area contributed by atoms with E-state index in [0.29, 0.717) is 5.75 Å². The molecule has 0 N–H and O–H groups in total. The summed E-state index contributed by atoms with van der Waals surface area (Å²) >= 11 is 0. The Balaban J connectivity index is 1.96. The first kappa shape index (κ1) is 17.2. The second-order valence-electron chi connectivity index (χ2n) is 5.44. The second kappa shape index (κ2) is 9.00. The molecule has 3 heteroatoms. The van der Waals surface area contributed by atoms with Gasteiger partial charge in [-0.15, -0.1) is 6.42 Å². The normalized spacial score (nSPS) is 11.3. The van der Waals surface area contributed by atoms with Crippen molar-refractivity contribution in [1.82, 2.24) is 4.98 Å². The van der Waals surface area contributed by atoms with Crippen molar-refractivity contribution in [3.8, 4) is 18.1 Å². The highest BCUT2D eigenvalue weighted by Gasteiger charge is 2.03. The van der Waals surface area contributed by atoms with Crippen molar-refractivity contribution >= 4 is 18.0 Å². The van der Waals surface area contributed by atoms with Crippen LogP contribution < -0.4 is 4.74 Å². The highest BCUT2D eigenvalue weighted by molar-refractivity contribution is 5.91. The number of hydrogen-bond acceptors (Lipinski definition) is 3.